The van der Waals surface area contributed by atoms with Crippen LogP contribution in [0.15, 0.2) is 10.9 Å². The molecule has 3 nitrogen and oxygen atoms in total. The summed E-state index contributed by atoms with van der Waals surface area (Å²) < 4.78 is 1.51. The van der Waals surface area contributed by atoms with Gasteiger partial charge in [0.2, 0.25) is 0 Å². The van der Waals surface area contributed by atoms with Crippen molar-refractivity contribution in [1.82, 2.24) is 4.57 Å². The minimum atomic E-state index is -0.157. The Morgan fingerprint density at radius 2 is 1.87 bits per heavy atom. The second-order valence-electron chi connectivity index (χ2n) is 2.73. The molecular weight excluding hydrogens is 497 g/mol. The van der Waals surface area contributed by atoms with Crippen LogP contribution in [0, 0.1) is 20.4 Å². The van der Waals surface area contributed by atoms with Crippen molar-refractivity contribution in [3.8, 4) is 5.75 Å². The molecule has 15 heavy (non-hydrogen) atoms. The number of aryl methyl sites for hydroxylation is 1. The molecule has 1 rings (SSSR count). The molecule has 0 aliphatic rings. The van der Waals surface area contributed by atoms with E-state index in [0.29, 0.717) is 5.56 Å². The smallest absolute Gasteiger partial charge is 0.147 e. The fraction of sp³-hybridized carbons (Fsp3) is 0.333. The molecule has 1 heterocycles. The molecule has 0 saturated carbocycles. The minimum absolute atomic E-state index is 0. The first-order valence-corrected chi connectivity index (χ1v) is 10.2. The molecule has 1 aromatic heterocycles. The fourth-order valence-corrected chi connectivity index (χ4v) is 1.15. The van der Waals surface area contributed by atoms with E-state index in [4.69, 9.17) is 0 Å². The molecule has 0 atom stereocenters. The molecule has 6 heteroatoms. The van der Waals surface area contributed by atoms with Crippen molar-refractivity contribution >= 4 is 37.2 Å². The van der Waals surface area contributed by atoms with Gasteiger partial charge in [-0.3, -0.25) is 0 Å². The Morgan fingerprint density at radius 3 is 2.27 bits per heavy atom. The zero-order chi connectivity index (χ0) is 11.3. The summed E-state index contributed by atoms with van der Waals surface area (Å²) in [6, 6.07) is 1.58. The zero-order valence-electron chi connectivity index (χ0n) is 8.79. The summed E-state index contributed by atoms with van der Waals surface area (Å²) >= 11 is 4.24. The Bertz CT molecular complexity index is 366. The molecule has 0 aromatic carbocycles. The predicted octanol–water partition coefficient (Wildman–Crippen LogP) is 2.97. The van der Waals surface area contributed by atoms with Crippen molar-refractivity contribution in [3.63, 3.8) is 0 Å². The van der Waals surface area contributed by atoms with E-state index in [2.05, 4.69) is 37.2 Å². The van der Waals surface area contributed by atoms with Crippen LogP contribution in [0.4, 0.5) is 0 Å². The van der Waals surface area contributed by atoms with Gasteiger partial charge in [0.25, 0.3) is 0 Å². The van der Waals surface area contributed by atoms with Crippen molar-refractivity contribution in [2.75, 3.05) is 0 Å². The van der Waals surface area contributed by atoms with Gasteiger partial charge in [-0.25, -0.2) is 0 Å². The van der Waals surface area contributed by atoms with Crippen molar-refractivity contribution in [1.29, 1.82) is 0 Å². The molecular formula is C9H12I2NO2Y-. The first kappa shape index (κ1) is 18.5. The van der Waals surface area contributed by atoms with Crippen molar-refractivity contribution in [2.24, 2.45) is 0 Å². The molecule has 0 saturated heterocycles. The predicted molar refractivity (Wildman–Crippen MR) is 75.3 cm³/mol. The summed E-state index contributed by atoms with van der Waals surface area (Å²) in [4.78, 5) is 11.4. The van der Waals surface area contributed by atoms with E-state index in [9.17, 15) is 9.90 Å². The van der Waals surface area contributed by atoms with Gasteiger partial charge in [-0.05, 0) is 12.5 Å². The molecule has 0 aliphatic carbocycles. The molecule has 0 amide bonds. The van der Waals surface area contributed by atoms with E-state index in [1.54, 1.807) is 33.4 Å². The Kier molecular flexibility index (Phi) is 11.4. The zero-order valence-corrected chi connectivity index (χ0v) is 15.9. The number of aromatic nitrogens is 1. The maximum atomic E-state index is 11.4. The van der Waals surface area contributed by atoms with E-state index in [1.807, 2.05) is 0 Å². The first-order chi connectivity index (χ1) is 6.57. The molecule has 0 spiro atoms. The molecule has 1 radical (unpaired) electrons. The fourth-order valence-electron chi connectivity index (χ4n) is 1.15. The quantitative estimate of drug-likeness (QED) is 0.468. The van der Waals surface area contributed by atoms with Gasteiger partial charge in [-0.2, -0.15) is 0 Å². The number of hydrogen-bond acceptors (Lipinski definition) is 2. The van der Waals surface area contributed by atoms with Crippen LogP contribution < -0.4 is 5.56 Å². The maximum Gasteiger partial charge on any atom is 0.147 e. The first-order valence-electron chi connectivity index (χ1n) is 3.93. The Hall–Kier alpha value is 1.18. The van der Waals surface area contributed by atoms with Crippen molar-refractivity contribution in [3.05, 3.63) is 34.2 Å². The molecule has 1 N–H and O–H groups in total. The molecule has 83 valence electrons. The Morgan fingerprint density at radius 1 is 1.40 bits per heavy atom. The second kappa shape index (κ2) is 9.24. The SMILES string of the molecule is C[CH-]n1c(C)cc(O)c(C)c1=O.II.[Y]. The summed E-state index contributed by atoms with van der Waals surface area (Å²) in [5.41, 5.74) is 0.972. The summed E-state index contributed by atoms with van der Waals surface area (Å²) in [7, 11) is 0. The topological polar surface area (TPSA) is 42.2 Å². The summed E-state index contributed by atoms with van der Waals surface area (Å²) in [5, 5.41) is 9.27. The summed E-state index contributed by atoms with van der Waals surface area (Å²) in [6.45, 7) is 6.85. The van der Waals surface area contributed by atoms with Gasteiger partial charge >= 0.3 is 0 Å². The third-order valence-electron chi connectivity index (χ3n) is 1.91. The number of halogens is 2. The van der Waals surface area contributed by atoms with Crippen LogP contribution in [0.3, 0.4) is 0 Å². The third-order valence-corrected chi connectivity index (χ3v) is 1.91. The maximum absolute atomic E-state index is 11.4. The minimum Gasteiger partial charge on any atom is -0.510 e. The molecule has 0 unspecified atom stereocenters. The Balaban J connectivity index is 0. The van der Waals surface area contributed by atoms with Crippen LogP contribution >= 0.6 is 37.2 Å². The Labute approximate surface area is 138 Å². The number of hydrogen-bond donors (Lipinski definition) is 1. The van der Waals surface area contributed by atoms with Crippen LogP contribution in [-0.2, 0) is 32.7 Å². The average Bonchev–Trinajstić information content (AvgIpc) is 2.18. The van der Waals surface area contributed by atoms with Crippen LogP contribution in [0.5, 0.6) is 5.75 Å². The number of aromatic hydroxyl groups is 1. The van der Waals surface area contributed by atoms with Gasteiger partial charge in [0.1, 0.15) is 11.3 Å². The van der Waals surface area contributed by atoms with Gasteiger partial charge in [-0.1, -0.05) is 25.6 Å². The number of rotatable bonds is 1. The van der Waals surface area contributed by atoms with E-state index >= 15 is 0 Å². The largest absolute Gasteiger partial charge is 0.510 e. The van der Waals surface area contributed by atoms with Gasteiger partial charge in [0.15, 0.2) is 0 Å². The molecule has 0 aliphatic heterocycles. The van der Waals surface area contributed by atoms with Crippen LogP contribution in [0.2, 0.25) is 0 Å². The van der Waals surface area contributed by atoms with Gasteiger partial charge in [0, 0.05) is 69.9 Å². The van der Waals surface area contributed by atoms with Gasteiger partial charge in [-0.15, -0.1) is 6.54 Å². The summed E-state index contributed by atoms with van der Waals surface area (Å²) in [5.74, 6) is 0.0654. The summed E-state index contributed by atoms with van der Waals surface area (Å²) in [6.07, 6.45) is 0. The molecule has 0 fully saturated rings. The second-order valence-corrected chi connectivity index (χ2v) is 2.73. The van der Waals surface area contributed by atoms with Crippen molar-refractivity contribution < 1.29 is 37.8 Å². The van der Waals surface area contributed by atoms with Crippen LogP contribution in [0.1, 0.15) is 18.2 Å². The standard InChI is InChI=1S/C9H12NO2.I2.Y/c1-4-10-6(2)5-8(11)7(3)9(10)12;1-2;/h4-5,11H,1-3H3;;/q-1;;. The van der Waals surface area contributed by atoms with Crippen molar-refractivity contribution in [2.45, 2.75) is 20.8 Å². The van der Waals surface area contributed by atoms with Crippen LogP contribution in [-0.4, -0.2) is 9.67 Å². The monoisotopic (exact) mass is 509 g/mol. The van der Waals surface area contributed by atoms with E-state index < -0.39 is 0 Å². The van der Waals surface area contributed by atoms with Gasteiger partial charge < -0.3 is 14.5 Å². The van der Waals surface area contributed by atoms with Gasteiger partial charge in [0.05, 0.1) is 0 Å². The van der Waals surface area contributed by atoms with E-state index in [0.717, 1.165) is 5.69 Å². The van der Waals surface area contributed by atoms with E-state index in [1.165, 1.54) is 4.57 Å². The average molecular weight is 509 g/mol. The van der Waals surface area contributed by atoms with Crippen LogP contribution in [0.25, 0.3) is 0 Å². The molecule has 0 bridgehead atoms. The third kappa shape index (κ3) is 4.91. The normalized spacial score (nSPS) is 8.33. The number of pyridine rings is 1. The molecule has 1 aromatic rings. The van der Waals surface area contributed by atoms with E-state index in [-0.39, 0.29) is 44.0 Å². The number of nitrogens with zero attached hydrogens (tertiary/aromatic N) is 1.